The van der Waals surface area contributed by atoms with Crippen LogP contribution < -0.4 is 10.6 Å². The molecule has 7 heteroatoms. The molecule has 0 bridgehead atoms. The predicted octanol–water partition coefficient (Wildman–Crippen LogP) is 2.91. The van der Waals surface area contributed by atoms with Crippen LogP contribution in [0.5, 0.6) is 0 Å². The molecule has 2 rings (SSSR count). The fourth-order valence-corrected chi connectivity index (χ4v) is 3.07. The minimum Gasteiger partial charge on any atom is -0.357 e. The Labute approximate surface area is 153 Å². The number of benzene rings is 1. The number of rotatable bonds is 7. The van der Waals surface area contributed by atoms with Gasteiger partial charge in [-0.1, -0.05) is 6.07 Å². The van der Waals surface area contributed by atoms with Gasteiger partial charge in [-0.05, 0) is 45.6 Å². The van der Waals surface area contributed by atoms with Crippen molar-refractivity contribution in [2.75, 3.05) is 20.6 Å². The van der Waals surface area contributed by atoms with Crippen molar-refractivity contribution in [1.29, 1.82) is 0 Å². The maximum atomic E-state index is 13.9. The Bertz CT molecular complexity index is 711. The highest BCUT2D eigenvalue weighted by Gasteiger charge is 2.06. The molecule has 0 fully saturated rings. The normalized spacial score (nSPS) is 11.8. The monoisotopic (exact) mass is 363 g/mol. The molecule has 5 nitrogen and oxygen atoms in total. The Morgan fingerprint density at radius 3 is 2.76 bits per heavy atom. The van der Waals surface area contributed by atoms with Gasteiger partial charge in [0.25, 0.3) is 0 Å². The molecule has 2 N–H and O–H groups in total. The van der Waals surface area contributed by atoms with E-state index in [1.807, 2.05) is 45.1 Å². The largest absolute Gasteiger partial charge is 0.357 e. The van der Waals surface area contributed by atoms with Crippen LogP contribution >= 0.6 is 11.3 Å². The van der Waals surface area contributed by atoms with Crippen molar-refractivity contribution in [1.82, 2.24) is 20.5 Å². The molecular weight excluding hydrogens is 337 g/mol. The van der Waals surface area contributed by atoms with Gasteiger partial charge < -0.3 is 15.5 Å². The number of thiazole rings is 1. The van der Waals surface area contributed by atoms with Crippen LogP contribution in [-0.4, -0.2) is 36.5 Å². The Morgan fingerprint density at radius 2 is 2.12 bits per heavy atom. The summed E-state index contributed by atoms with van der Waals surface area (Å²) < 4.78 is 13.9. The molecule has 0 aliphatic carbocycles. The van der Waals surface area contributed by atoms with Gasteiger partial charge in [0.05, 0.1) is 13.1 Å². The predicted molar refractivity (Wildman–Crippen MR) is 102 cm³/mol. The number of hydrogen-bond donors (Lipinski definition) is 2. The Morgan fingerprint density at radius 1 is 1.32 bits per heavy atom. The van der Waals surface area contributed by atoms with Gasteiger partial charge in [0.2, 0.25) is 0 Å². The molecule has 0 spiro atoms. The number of nitrogens with zero attached hydrogens (tertiary/aromatic N) is 3. The molecular formula is C18H26FN5S. The Balaban J connectivity index is 2.02. The van der Waals surface area contributed by atoms with Gasteiger partial charge in [-0.25, -0.2) is 14.4 Å². The van der Waals surface area contributed by atoms with Crippen molar-refractivity contribution in [3.8, 4) is 0 Å². The molecule has 0 saturated heterocycles. The number of halogens is 1. The summed E-state index contributed by atoms with van der Waals surface area (Å²) in [6.07, 6.45) is 1.87. The maximum absolute atomic E-state index is 13.9. The number of aliphatic imine (C=N–C) groups is 1. The number of nitrogens with one attached hydrogen (secondary N) is 2. The molecule has 1 aromatic heterocycles. The lowest BCUT2D eigenvalue weighted by molar-refractivity contribution is 0.392. The third-order valence-corrected chi connectivity index (χ3v) is 4.35. The van der Waals surface area contributed by atoms with Crippen LogP contribution in [0, 0.1) is 12.7 Å². The second-order valence-electron chi connectivity index (χ2n) is 6.08. The highest BCUT2D eigenvalue weighted by Crippen LogP contribution is 2.13. The lowest BCUT2D eigenvalue weighted by Crippen LogP contribution is -2.36. The van der Waals surface area contributed by atoms with Gasteiger partial charge in [0.1, 0.15) is 10.8 Å². The standard InChI is InChI=1S/C18H26FN5S/c1-5-20-18(23-11-17-21-9-13(2)25-17)22-10-14-6-7-16(19)15(8-14)12-24(3)4/h6-9H,5,10-12H2,1-4H3,(H2,20,22,23). The van der Waals surface area contributed by atoms with Crippen LogP contribution in [0.3, 0.4) is 0 Å². The molecule has 2 aromatic rings. The summed E-state index contributed by atoms with van der Waals surface area (Å²) in [4.78, 5) is 12.1. The first-order valence-electron chi connectivity index (χ1n) is 8.33. The van der Waals surface area contributed by atoms with Crippen molar-refractivity contribution in [3.05, 3.63) is 51.2 Å². The van der Waals surface area contributed by atoms with Gasteiger partial charge in [-0.15, -0.1) is 11.3 Å². The second kappa shape index (κ2) is 9.48. The third-order valence-electron chi connectivity index (χ3n) is 3.44. The maximum Gasteiger partial charge on any atom is 0.191 e. The second-order valence-corrected chi connectivity index (χ2v) is 7.40. The number of hydrogen-bond acceptors (Lipinski definition) is 4. The van der Waals surface area contributed by atoms with E-state index in [4.69, 9.17) is 0 Å². The first-order chi connectivity index (χ1) is 12.0. The zero-order valence-corrected chi connectivity index (χ0v) is 16.1. The van der Waals surface area contributed by atoms with Crippen LogP contribution in [0.4, 0.5) is 4.39 Å². The first kappa shape index (κ1) is 19.3. The molecule has 1 heterocycles. The molecule has 0 atom stereocenters. The van der Waals surface area contributed by atoms with Gasteiger partial charge in [0.15, 0.2) is 5.96 Å². The summed E-state index contributed by atoms with van der Waals surface area (Å²) in [5, 5.41) is 7.53. The number of aryl methyl sites for hydroxylation is 1. The molecule has 0 aliphatic heterocycles. The van der Waals surface area contributed by atoms with Crippen molar-refractivity contribution >= 4 is 17.3 Å². The molecule has 0 amide bonds. The minimum absolute atomic E-state index is 0.175. The van der Waals surface area contributed by atoms with Gasteiger partial charge in [-0.3, -0.25) is 0 Å². The molecule has 25 heavy (non-hydrogen) atoms. The van der Waals surface area contributed by atoms with Crippen molar-refractivity contribution < 1.29 is 4.39 Å². The molecule has 1 aromatic carbocycles. The highest BCUT2D eigenvalue weighted by atomic mass is 32.1. The zero-order valence-electron chi connectivity index (χ0n) is 15.3. The van der Waals surface area contributed by atoms with Crippen LogP contribution in [-0.2, 0) is 19.6 Å². The summed E-state index contributed by atoms with van der Waals surface area (Å²) in [5.41, 5.74) is 1.68. The number of aromatic nitrogens is 1. The van der Waals surface area contributed by atoms with Gasteiger partial charge >= 0.3 is 0 Å². The SMILES string of the molecule is CCNC(=NCc1ccc(F)c(CN(C)C)c1)NCc1ncc(C)s1. The Kier molecular flexibility index (Phi) is 7.33. The van der Waals surface area contributed by atoms with E-state index < -0.39 is 0 Å². The van der Waals surface area contributed by atoms with Crippen LogP contribution in [0.15, 0.2) is 29.4 Å². The van der Waals surface area contributed by atoms with Gasteiger partial charge in [0, 0.05) is 29.7 Å². The summed E-state index contributed by atoms with van der Waals surface area (Å²) in [7, 11) is 3.86. The van der Waals surface area contributed by atoms with E-state index in [0.29, 0.717) is 25.2 Å². The zero-order chi connectivity index (χ0) is 18.2. The van der Waals surface area contributed by atoms with Gasteiger partial charge in [-0.2, -0.15) is 0 Å². The van der Waals surface area contributed by atoms with Crippen LogP contribution in [0.25, 0.3) is 0 Å². The molecule has 136 valence electrons. The molecule has 0 unspecified atom stereocenters. The fourth-order valence-electron chi connectivity index (χ4n) is 2.34. The van der Waals surface area contributed by atoms with Crippen molar-refractivity contribution in [2.45, 2.75) is 33.5 Å². The van der Waals surface area contributed by atoms with E-state index in [1.54, 1.807) is 17.4 Å². The quantitative estimate of drug-likeness (QED) is 0.587. The van der Waals surface area contributed by atoms with E-state index >= 15 is 0 Å². The van der Waals surface area contributed by atoms with E-state index in [-0.39, 0.29) is 5.82 Å². The molecule has 0 saturated carbocycles. The summed E-state index contributed by atoms with van der Waals surface area (Å²) in [5.74, 6) is 0.555. The third kappa shape index (κ3) is 6.43. The number of guanidine groups is 1. The topological polar surface area (TPSA) is 52.6 Å². The van der Waals surface area contributed by atoms with E-state index in [1.165, 1.54) is 10.9 Å². The average molecular weight is 364 g/mol. The van der Waals surface area contributed by atoms with E-state index in [2.05, 4.69) is 20.6 Å². The summed E-state index contributed by atoms with van der Waals surface area (Å²) >= 11 is 1.67. The molecule has 0 aliphatic rings. The fraction of sp³-hybridized carbons (Fsp3) is 0.444. The van der Waals surface area contributed by atoms with E-state index in [9.17, 15) is 4.39 Å². The lowest BCUT2D eigenvalue weighted by atomic mass is 10.1. The highest BCUT2D eigenvalue weighted by molar-refractivity contribution is 7.11. The summed E-state index contributed by atoms with van der Waals surface area (Å²) in [6, 6.07) is 5.18. The summed E-state index contributed by atoms with van der Waals surface area (Å²) in [6.45, 7) is 6.55. The minimum atomic E-state index is -0.175. The Hall–Kier alpha value is -1.99. The van der Waals surface area contributed by atoms with Crippen molar-refractivity contribution in [2.24, 2.45) is 4.99 Å². The molecule has 0 radical (unpaired) electrons. The van der Waals surface area contributed by atoms with Crippen LogP contribution in [0.2, 0.25) is 0 Å². The van der Waals surface area contributed by atoms with Crippen LogP contribution in [0.1, 0.15) is 27.9 Å². The van der Waals surface area contributed by atoms with E-state index in [0.717, 1.165) is 23.1 Å². The lowest BCUT2D eigenvalue weighted by Gasteiger charge is -2.12. The average Bonchev–Trinajstić information content (AvgIpc) is 2.98. The smallest absolute Gasteiger partial charge is 0.191 e. The first-order valence-corrected chi connectivity index (χ1v) is 9.15. The van der Waals surface area contributed by atoms with Crippen molar-refractivity contribution in [3.63, 3.8) is 0 Å².